The van der Waals surface area contributed by atoms with Crippen molar-refractivity contribution in [3.8, 4) is 0 Å². The first kappa shape index (κ1) is 13.0. The highest BCUT2D eigenvalue weighted by Gasteiger charge is 2.25. The highest BCUT2D eigenvalue weighted by Crippen LogP contribution is 2.10. The van der Waals surface area contributed by atoms with Gasteiger partial charge in [0.2, 0.25) is 11.8 Å². The van der Waals surface area contributed by atoms with Gasteiger partial charge in [-0.1, -0.05) is 0 Å². The highest BCUT2D eigenvalue weighted by molar-refractivity contribution is 5.86. The van der Waals surface area contributed by atoms with Crippen molar-refractivity contribution >= 4 is 11.8 Å². The maximum Gasteiger partial charge on any atom is 0.240 e. The Labute approximate surface area is 95.8 Å². The van der Waals surface area contributed by atoms with Gasteiger partial charge in [-0.05, 0) is 26.7 Å². The lowest BCUT2D eigenvalue weighted by atomic mass is 10.0. The van der Waals surface area contributed by atoms with Crippen molar-refractivity contribution in [2.24, 2.45) is 0 Å². The Morgan fingerprint density at radius 3 is 2.75 bits per heavy atom. The number of nitrogens with zero attached hydrogens (tertiary/aromatic N) is 1. The van der Waals surface area contributed by atoms with E-state index >= 15 is 0 Å². The average molecular weight is 228 g/mol. The molecule has 0 radical (unpaired) electrons. The zero-order valence-corrected chi connectivity index (χ0v) is 9.95. The van der Waals surface area contributed by atoms with Crippen LogP contribution in [-0.4, -0.2) is 47.1 Å². The smallest absolute Gasteiger partial charge is 0.240 e. The van der Waals surface area contributed by atoms with E-state index < -0.39 is 5.54 Å². The topological polar surface area (TPSA) is 69.6 Å². The predicted molar refractivity (Wildman–Crippen MR) is 59.7 cm³/mol. The van der Waals surface area contributed by atoms with Gasteiger partial charge in [0.1, 0.15) is 0 Å². The van der Waals surface area contributed by atoms with E-state index in [2.05, 4.69) is 5.32 Å². The van der Waals surface area contributed by atoms with Crippen molar-refractivity contribution in [2.75, 3.05) is 19.7 Å². The number of carbonyl (C=O) groups is 2. The summed E-state index contributed by atoms with van der Waals surface area (Å²) in [6, 6.07) is 0. The van der Waals surface area contributed by atoms with E-state index in [4.69, 9.17) is 5.11 Å². The minimum atomic E-state index is -0.422. The molecule has 0 atom stereocenters. The first-order valence-electron chi connectivity index (χ1n) is 5.64. The van der Waals surface area contributed by atoms with Gasteiger partial charge in [-0.25, -0.2) is 0 Å². The molecule has 0 aromatic rings. The molecular weight excluding hydrogens is 208 g/mol. The number of hydrogen-bond acceptors (Lipinski definition) is 3. The van der Waals surface area contributed by atoms with E-state index in [9.17, 15) is 9.59 Å². The molecule has 1 saturated heterocycles. The number of aliphatic hydroxyl groups is 1. The summed E-state index contributed by atoms with van der Waals surface area (Å²) >= 11 is 0. The predicted octanol–water partition coefficient (Wildman–Crippen LogP) is -0.114. The number of rotatable bonds is 5. The Bertz CT molecular complexity index is 276. The van der Waals surface area contributed by atoms with Crippen molar-refractivity contribution in [3.63, 3.8) is 0 Å². The highest BCUT2D eigenvalue weighted by atomic mass is 16.3. The minimum Gasteiger partial charge on any atom is -0.396 e. The number of amides is 2. The average Bonchev–Trinajstić information content (AvgIpc) is 2.50. The Kier molecular flexibility index (Phi) is 4.29. The molecule has 5 nitrogen and oxygen atoms in total. The van der Waals surface area contributed by atoms with Crippen LogP contribution in [0.1, 0.15) is 33.1 Å². The summed E-state index contributed by atoms with van der Waals surface area (Å²) < 4.78 is 0. The minimum absolute atomic E-state index is 0.0376. The van der Waals surface area contributed by atoms with Crippen LogP contribution >= 0.6 is 0 Å². The quantitative estimate of drug-likeness (QED) is 0.689. The lowest BCUT2D eigenvalue weighted by Gasteiger charge is -2.26. The third-order valence-electron chi connectivity index (χ3n) is 2.72. The van der Waals surface area contributed by atoms with Gasteiger partial charge < -0.3 is 15.3 Å². The van der Waals surface area contributed by atoms with E-state index in [0.717, 1.165) is 6.42 Å². The second kappa shape index (κ2) is 5.30. The molecule has 1 aliphatic rings. The molecular formula is C11H20N2O3. The van der Waals surface area contributed by atoms with Crippen LogP contribution in [-0.2, 0) is 9.59 Å². The molecule has 16 heavy (non-hydrogen) atoms. The summed E-state index contributed by atoms with van der Waals surface area (Å²) in [6.45, 7) is 4.55. The van der Waals surface area contributed by atoms with E-state index in [0.29, 0.717) is 19.4 Å². The standard InChI is InChI=1S/C11H20N2O3/c1-11(2,5-7-14)12-9(15)8-13-6-3-4-10(13)16/h14H,3-8H2,1-2H3,(H,12,15). The van der Waals surface area contributed by atoms with E-state index in [1.165, 1.54) is 0 Å². The fraction of sp³-hybridized carbons (Fsp3) is 0.818. The van der Waals surface area contributed by atoms with Crippen molar-refractivity contribution in [2.45, 2.75) is 38.6 Å². The summed E-state index contributed by atoms with van der Waals surface area (Å²) in [6.07, 6.45) is 1.89. The van der Waals surface area contributed by atoms with Gasteiger partial charge in [-0.2, -0.15) is 0 Å². The molecule has 2 amide bonds. The first-order chi connectivity index (χ1) is 7.44. The molecule has 0 spiro atoms. The molecule has 1 rings (SSSR count). The normalized spacial score (nSPS) is 16.7. The zero-order chi connectivity index (χ0) is 12.2. The maximum absolute atomic E-state index is 11.6. The number of hydrogen-bond donors (Lipinski definition) is 2. The van der Waals surface area contributed by atoms with Crippen LogP contribution in [0.3, 0.4) is 0 Å². The lowest BCUT2D eigenvalue weighted by Crippen LogP contribution is -2.48. The molecule has 5 heteroatoms. The molecule has 1 fully saturated rings. The largest absolute Gasteiger partial charge is 0.396 e. The van der Waals surface area contributed by atoms with E-state index in [1.807, 2.05) is 13.8 Å². The molecule has 0 aliphatic carbocycles. The molecule has 0 aromatic heterocycles. The van der Waals surface area contributed by atoms with Crippen LogP contribution in [0.2, 0.25) is 0 Å². The molecule has 92 valence electrons. The van der Waals surface area contributed by atoms with Gasteiger partial charge in [0.25, 0.3) is 0 Å². The van der Waals surface area contributed by atoms with Crippen LogP contribution in [0.5, 0.6) is 0 Å². The van der Waals surface area contributed by atoms with Crippen molar-refractivity contribution in [1.82, 2.24) is 10.2 Å². The summed E-state index contributed by atoms with van der Waals surface area (Å²) in [7, 11) is 0. The lowest BCUT2D eigenvalue weighted by molar-refractivity contribution is -0.133. The second-order valence-corrected chi connectivity index (χ2v) is 4.82. The maximum atomic E-state index is 11.6. The molecule has 0 saturated carbocycles. The number of likely N-dealkylation sites (tertiary alicyclic amines) is 1. The van der Waals surface area contributed by atoms with Gasteiger partial charge in [0.05, 0.1) is 6.54 Å². The Morgan fingerprint density at radius 1 is 1.56 bits per heavy atom. The Balaban J connectivity index is 2.38. The van der Waals surface area contributed by atoms with Crippen LogP contribution < -0.4 is 5.32 Å². The molecule has 1 aliphatic heterocycles. The zero-order valence-electron chi connectivity index (χ0n) is 9.95. The number of carbonyl (C=O) groups excluding carboxylic acids is 2. The first-order valence-corrected chi connectivity index (χ1v) is 5.64. The second-order valence-electron chi connectivity index (χ2n) is 4.82. The van der Waals surface area contributed by atoms with E-state index in [1.54, 1.807) is 4.90 Å². The SMILES string of the molecule is CC(C)(CCO)NC(=O)CN1CCCC1=O. The summed E-state index contributed by atoms with van der Waals surface area (Å²) in [5.74, 6) is -0.108. The van der Waals surface area contributed by atoms with Gasteiger partial charge in [-0.15, -0.1) is 0 Å². The third-order valence-corrected chi connectivity index (χ3v) is 2.72. The van der Waals surface area contributed by atoms with Crippen molar-refractivity contribution in [1.29, 1.82) is 0 Å². The Morgan fingerprint density at radius 2 is 2.25 bits per heavy atom. The number of aliphatic hydroxyl groups excluding tert-OH is 1. The monoisotopic (exact) mass is 228 g/mol. The van der Waals surface area contributed by atoms with Crippen molar-refractivity contribution in [3.05, 3.63) is 0 Å². The summed E-state index contributed by atoms with van der Waals surface area (Å²) in [5.41, 5.74) is -0.422. The molecule has 0 bridgehead atoms. The molecule has 2 N–H and O–H groups in total. The fourth-order valence-corrected chi connectivity index (χ4v) is 1.80. The molecule has 0 unspecified atom stereocenters. The summed E-state index contributed by atoms with van der Waals surface area (Å²) in [5, 5.41) is 11.6. The third kappa shape index (κ3) is 3.81. The van der Waals surface area contributed by atoms with Crippen LogP contribution in [0.15, 0.2) is 0 Å². The van der Waals surface area contributed by atoms with Crippen LogP contribution in [0.4, 0.5) is 0 Å². The van der Waals surface area contributed by atoms with Gasteiger partial charge in [0.15, 0.2) is 0 Å². The van der Waals surface area contributed by atoms with E-state index in [-0.39, 0.29) is 25.0 Å². The van der Waals surface area contributed by atoms with Crippen LogP contribution in [0, 0.1) is 0 Å². The summed E-state index contributed by atoms with van der Waals surface area (Å²) in [4.78, 5) is 24.5. The molecule has 0 aromatic carbocycles. The van der Waals surface area contributed by atoms with Gasteiger partial charge >= 0.3 is 0 Å². The van der Waals surface area contributed by atoms with Gasteiger partial charge in [0, 0.05) is 25.1 Å². The number of nitrogens with one attached hydrogen (secondary N) is 1. The fourth-order valence-electron chi connectivity index (χ4n) is 1.80. The van der Waals surface area contributed by atoms with Gasteiger partial charge in [-0.3, -0.25) is 9.59 Å². The Hall–Kier alpha value is -1.10. The molecule has 1 heterocycles. The van der Waals surface area contributed by atoms with Crippen LogP contribution in [0.25, 0.3) is 0 Å². The van der Waals surface area contributed by atoms with Crippen molar-refractivity contribution < 1.29 is 14.7 Å².